The van der Waals surface area contributed by atoms with Gasteiger partial charge in [0.1, 0.15) is 11.5 Å². The Morgan fingerprint density at radius 3 is 0.736 bits per heavy atom. The number of anilines is 12. The van der Waals surface area contributed by atoms with Gasteiger partial charge in [0, 0.05) is 99.0 Å². The molecule has 0 aliphatic rings. The van der Waals surface area contributed by atoms with Gasteiger partial charge in [-0.05, 0) is 257 Å². The molecule has 121 heavy (non-hydrogen) atoms. The van der Waals surface area contributed by atoms with Crippen LogP contribution < -0.4 is 29.1 Å². The SMILES string of the molecule is C=CC(=O)OCCCc1ccc(N(c2ccc(C)cc2)c2ccc(C)cc2)cc1.C=CC(=O)OCCc1ccc(N(c2ccc(C)cc2)c2ccc(C)cc2)cc1.C=CC(=O)Oc1ccc(/C=C/c2ccc(N(c3ccccc3)c3ccccc3)cc2)cc1.C=CC(=O)Oc1ccc(CCc2ccc(N(c3ccccc3)c3ccccc3)cc2)cc1. The third-order valence-electron chi connectivity index (χ3n) is 19.5. The Morgan fingerprint density at radius 1 is 0.240 bits per heavy atom. The van der Waals surface area contributed by atoms with E-state index in [9.17, 15) is 19.2 Å². The fourth-order valence-corrected chi connectivity index (χ4v) is 13.0. The van der Waals surface area contributed by atoms with Crippen LogP contribution in [0.5, 0.6) is 11.5 Å². The molecule has 0 aliphatic carbocycles. The molecular formula is C109H100N4O8. The molecule has 0 atom stereocenters. The van der Waals surface area contributed by atoms with Crippen molar-refractivity contribution in [2.45, 2.75) is 59.8 Å². The summed E-state index contributed by atoms with van der Waals surface area (Å²) >= 11 is 0. The lowest BCUT2D eigenvalue weighted by Gasteiger charge is -2.26. The predicted molar refractivity (Wildman–Crippen MR) is 499 cm³/mol. The van der Waals surface area contributed by atoms with Gasteiger partial charge in [0.2, 0.25) is 0 Å². The fraction of sp³-hybridized carbons (Fsp3) is 0.101. The third kappa shape index (κ3) is 26.7. The van der Waals surface area contributed by atoms with Crippen LogP contribution in [-0.2, 0) is 54.3 Å². The van der Waals surface area contributed by atoms with Crippen LogP contribution in [0.3, 0.4) is 0 Å². The standard InChI is InChI=1S/C29H25NO2.C29H23NO2.C26H27NO2.C25H25NO2/c2*1-2-29(31)32-28-21-17-24(18-22-28)14-13-23-15-19-27(20-16-23)30(25-9-5-3-6-10-25)26-11-7-4-8-12-26;1-4-26(28)29-19-5-6-22-11-17-25(18-12-22)27(23-13-7-20(2)8-14-23)24-15-9-21(3)10-16-24;1-4-25(27)28-18-17-21-9-15-24(16-10-21)26(22-11-5-19(2)6-12-22)23-13-7-20(3)8-14-23/h2-12,15-22H,1,13-14H2;2-22H,1H2;4,7-18H,1,5-6,19H2,2-3H3;4-16H,1,17-18H2,2-3H3/b;14-13+;;. The Bertz CT molecular complexity index is 5470. The molecule has 14 aromatic rings. The summed E-state index contributed by atoms with van der Waals surface area (Å²) in [6.07, 6.45) is 12.9. The number of rotatable bonds is 30. The van der Waals surface area contributed by atoms with E-state index >= 15 is 0 Å². The van der Waals surface area contributed by atoms with E-state index in [1.54, 1.807) is 12.1 Å². The minimum Gasteiger partial charge on any atom is -0.463 e. The van der Waals surface area contributed by atoms with Gasteiger partial charge in [-0.1, -0.05) is 255 Å². The van der Waals surface area contributed by atoms with Crippen LogP contribution in [0.25, 0.3) is 12.2 Å². The molecule has 14 rings (SSSR count). The van der Waals surface area contributed by atoms with Crippen LogP contribution in [0.15, 0.2) is 415 Å². The van der Waals surface area contributed by atoms with E-state index in [1.807, 2.05) is 91.0 Å². The highest BCUT2D eigenvalue weighted by Crippen LogP contribution is 2.40. The smallest absolute Gasteiger partial charge is 0.335 e. The van der Waals surface area contributed by atoms with Gasteiger partial charge in [0.15, 0.2) is 0 Å². The van der Waals surface area contributed by atoms with E-state index in [2.05, 4.69) is 347 Å². The monoisotopic (exact) mass is 1590 g/mol. The van der Waals surface area contributed by atoms with Crippen LogP contribution in [0.2, 0.25) is 0 Å². The Balaban J connectivity index is 0.000000158. The molecule has 12 heteroatoms. The average molecular weight is 1590 g/mol. The van der Waals surface area contributed by atoms with Crippen LogP contribution in [0.1, 0.15) is 62.1 Å². The van der Waals surface area contributed by atoms with Crippen molar-refractivity contribution in [1.82, 2.24) is 0 Å². The van der Waals surface area contributed by atoms with Crippen molar-refractivity contribution >= 4 is 104 Å². The molecule has 14 aromatic carbocycles. The normalized spacial score (nSPS) is 10.4. The van der Waals surface area contributed by atoms with Crippen LogP contribution in [0, 0.1) is 27.7 Å². The summed E-state index contributed by atoms with van der Waals surface area (Å²) in [7, 11) is 0. The minimum absolute atomic E-state index is 0.351. The lowest BCUT2D eigenvalue weighted by Crippen LogP contribution is -2.10. The van der Waals surface area contributed by atoms with Crippen LogP contribution >= 0.6 is 0 Å². The molecule has 0 amide bonds. The summed E-state index contributed by atoms with van der Waals surface area (Å²) in [5.41, 5.74) is 25.2. The summed E-state index contributed by atoms with van der Waals surface area (Å²) in [5, 5.41) is 0. The molecule has 0 unspecified atom stereocenters. The van der Waals surface area contributed by atoms with Crippen molar-refractivity contribution in [3.05, 3.63) is 470 Å². The van der Waals surface area contributed by atoms with Crippen molar-refractivity contribution < 1.29 is 38.1 Å². The van der Waals surface area contributed by atoms with Crippen LogP contribution in [-0.4, -0.2) is 37.1 Å². The maximum atomic E-state index is 11.3. The van der Waals surface area contributed by atoms with E-state index in [0.717, 1.165) is 123 Å². The molecular weight excluding hydrogens is 1490 g/mol. The van der Waals surface area contributed by atoms with Crippen molar-refractivity contribution in [2.75, 3.05) is 32.8 Å². The molecule has 0 radical (unpaired) electrons. The number of ether oxygens (including phenoxy) is 4. The van der Waals surface area contributed by atoms with Gasteiger partial charge in [0.25, 0.3) is 0 Å². The third-order valence-corrected chi connectivity index (χ3v) is 19.5. The molecule has 0 bridgehead atoms. The number of esters is 4. The van der Waals surface area contributed by atoms with E-state index in [4.69, 9.17) is 18.9 Å². The summed E-state index contributed by atoms with van der Waals surface area (Å²) in [6.45, 7) is 22.8. The van der Waals surface area contributed by atoms with E-state index in [1.165, 1.54) is 51.1 Å². The zero-order valence-corrected chi connectivity index (χ0v) is 68.9. The molecule has 0 aromatic heterocycles. The first-order valence-electron chi connectivity index (χ1n) is 40.3. The lowest BCUT2D eigenvalue weighted by atomic mass is 10.0. The van der Waals surface area contributed by atoms with Crippen molar-refractivity contribution in [2.24, 2.45) is 0 Å². The average Bonchev–Trinajstić information content (AvgIpc) is 0.819. The highest BCUT2D eigenvalue weighted by Gasteiger charge is 2.18. The molecule has 0 saturated heterocycles. The zero-order chi connectivity index (χ0) is 84.9. The summed E-state index contributed by atoms with van der Waals surface area (Å²) in [4.78, 5) is 53.8. The Hall–Kier alpha value is -15.1. The second-order valence-corrected chi connectivity index (χ2v) is 28.5. The maximum absolute atomic E-state index is 11.3. The minimum atomic E-state index is -0.464. The fourth-order valence-electron chi connectivity index (χ4n) is 13.0. The second kappa shape index (κ2) is 45.4. The number of carbonyl (C=O) groups is 4. The van der Waals surface area contributed by atoms with Gasteiger partial charge in [0.05, 0.1) is 13.2 Å². The summed E-state index contributed by atoms with van der Waals surface area (Å²) < 4.78 is 20.3. The number of carbonyl (C=O) groups excluding carboxylic acids is 4. The molecule has 0 heterocycles. The maximum Gasteiger partial charge on any atom is 0.335 e. The van der Waals surface area contributed by atoms with Crippen molar-refractivity contribution in [3.8, 4) is 11.5 Å². The topological polar surface area (TPSA) is 118 Å². The van der Waals surface area contributed by atoms with Gasteiger partial charge < -0.3 is 38.5 Å². The molecule has 0 aliphatic heterocycles. The van der Waals surface area contributed by atoms with E-state index in [0.29, 0.717) is 31.1 Å². The molecule has 0 N–H and O–H groups in total. The number of nitrogens with zero attached hydrogens (tertiary/aromatic N) is 4. The Kier molecular flexibility index (Phi) is 32.5. The predicted octanol–water partition coefficient (Wildman–Crippen LogP) is 26.9. The van der Waals surface area contributed by atoms with E-state index < -0.39 is 11.9 Å². The second-order valence-electron chi connectivity index (χ2n) is 28.5. The van der Waals surface area contributed by atoms with Crippen LogP contribution in [0.4, 0.5) is 68.2 Å². The zero-order valence-electron chi connectivity index (χ0n) is 68.9. The van der Waals surface area contributed by atoms with Gasteiger partial charge in [-0.15, -0.1) is 0 Å². The highest BCUT2D eigenvalue weighted by atomic mass is 16.5. The molecule has 12 nitrogen and oxygen atoms in total. The first-order chi connectivity index (χ1) is 59.1. The van der Waals surface area contributed by atoms with E-state index in [-0.39, 0.29) is 11.9 Å². The lowest BCUT2D eigenvalue weighted by molar-refractivity contribution is -0.138. The first kappa shape index (κ1) is 86.7. The summed E-state index contributed by atoms with van der Waals surface area (Å²) in [6, 6.07) is 125. The van der Waals surface area contributed by atoms with Gasteiger partial charge in [-0.25, -0.2) is 19.2 Å². The largest absolute Gasteiger partial charge is 0.463 e. The number of hydrogen-bond acceptors (Lipinski definition) is 12. The van der Waals surface area contributed by atoms with Gasteiger partial charge in [-0.3, -0.25) is 0 Å². The number of benzene rings is 14. The Morgan fingerprint density at radius 2 is 0.455 bits per heavy atom. The quantitative estimate of drug-likeness (QED) is 0.0140. The highest BCUT2D eigenvalue weighted by molar-refractivity contribution is 5.86. The Labute approximate surface area is 712 Å². The number of para-hydroxylation sites is 4. The van der Waals surface area contributed by atoms with Crippen molar-refractivity contribution in [1.29, 1.82) is 0 Å². The molecule has 0 spiro atoms. The molecule has 0 fully saturated rings. The first-order valence-corrected chi connectivity index (χ1v) is 40.3. The summed E-state index contributed by atoms with van der Waals surface area (Å²) in [5.74, 6) is -0.636. The molecule has 604 valence electrons. The van der Waals surface area contributed by atoms with Gasteiger partial charge in [-0.2, -0.15) is 0 Å². The number of aryl methyl sites for hydroxylation is 7. The van der Waals surface area contributed by atoms with Crippen molar-refractivity contribution in [3.63, 3.8) is 0 Å². The molecule has 0 saturated carbocycles. The number of hydrogen-bond donors (Lipinski definition) is 0. The van der Waals surface area contributed by atoms with Gasteiger partial charge >= 0.3 is 23.9 Å².